The van der Waals surface area contributed by atoms with Crippen LogP contribution in [0.25, 0.3) is 0 Å². The summed E-state index contributed by atoms with van der Waals surface area (Å²) in [6.45, 7) is 12.0. The van der Waals surface area contributed by atoms with Crippen LogP contribution in [0.2, 0.25) is 31.7 Å². The van der Waals surface area contributed by atoms with Crippen LogP contribution in [0.3, 0.4) is 0 Å². The summed E-state index contributed by atoms with van der Waals surface area (Å²) in [5.41, 5.74) is 0. The van der Waals surface area contributed by atoms with E-state index in [1.165, 1.54) is 12.1 Å². The van der Waals surface area contributed by atoms with Gasteiger partial charge >= 0.3 is 0 Å². The van der Waals surface area contributed by atoms with Gasteiger partial charge in [0.05, 0.1) is 0 Å². The van der Waals surface area contributed by atoms with E-state index in [2.05, 4.69) is 44.8 Å². The van der Waals surface area contributed by atoms with E-state index in [0.717, 1.165) is 0 Å². The van der Waals surface area contributed by atoms with Crippen molar-refractivity contribution in [2.24, 2.45) is 0 Å². The summed E-state index contributed by atoms with van der Waals surface area (Å²) in [5.74, 6) is 0. The maximum absolute atomic E-state index is 2.71. The monoisotopic (exact) mass is 188 g/mol. The average molecular weight is 188 g/mol. The van der Waals surface area contributed by atoms with Gasteiger partial charge in [0.1, 0.15) is 17.2 Å². The Bertz CT molecular complexity index is 111. The molecule has 11 heavy (non-hydrogen) atoms. The highest BCUT2D eigenvalue weighted by Crippen LogP contribution is 2.19. The van der Waals surface area contributed by atoms with Crippen molar-refractivity contribution < 1.29 is 0 Å². The molecule has 1 radical (unpaired) electrons. The summed E-state index contributed by atoms with van der Waals surface area (Å²) in [7, 11) is 1.14. The molecule has 0 aromatic rings. The first kappa shape index (κ1) is 11.4. The Morgan fingerprint density at radius 1 is 1.18 bits per heavy atom. The predicted octanol–water partition coefficient (Wildman–Crippen LogP) is 2.78. The fourth-order valence-corrected chi connectivity index (χ4v) is 7.98. The third kappa shape index (κ3) is 2.72. The van der Waals surface area contributed by atoms with Crippen LogP contribution >= 0.6 is 0 Å². The maximum atomic E-state index is 2.71. The first-order valence-corrected chi connectivity index (χ1v) is 9.82. The average Bonchev–Trinajstić information content (AvgIpc) is 2.01. The Morgan fingerprint density at radius 2 is 1.55 bits per heavy atom. The second-order valence-electron chi connectivity index (χ2n) is 3.71. The van der Waals surface area contributed by atoms with Gasteiger partial charge in [0, 0.05) is 0 Å². The van der Waals surface area contributed by atoms with Gasteiger partial charge in [-0.1, -0.05) is 33.5 Å². The summed E-state index contributed by atoms with van der Waals surface area (Å²) in [5, 5.41) is 0. The van der Waals surface area contributed by atoms with E-state index in [4.69, 9.17) is 0 Å². The SMILES string of the molecule is CC[Si](C)(CC)N(C)[Si](C)C. The minimum absolute atomic E-state index is 0.198. The van der Waals surface area contributed by atoms with Crippen molar-refractivity contribution in [2.45, 2.75) is 45.6 Å². The highest BCUT2D eigenvalue weighted by Gasteiger charge is 2.29. The van der Waals surface area contributed by atoms with Gasteiger partial charge in [-0.05, 0) is 19.1 Å². The predicted molar refractivity (Wildman–Crippen MR) is 57.8 cm³/mol. The van der Waals surface area contributed by atoms with Crippen LogP contribution in [0.5, 0.6) is 0 Å². The second kappa shape index (κ2) is 4.43. The van der Waals surface area contributed by atoms with Crippen LogP contribution < -0.4 is 0 Å². The Hall–Kier alpha value is 0.394. The summed E-state index contributed by atoms with van der Waals surface area (Å²) in [4.78, 5) is 0. The number of hydrogen-bond donors (Lipinski definition) is 0. The van der Waals surface area contributed by atoms with E-state index in [-0.39, 0.29) is 8.96 Å². The largest absolute Gasteiger partial charge is 0.349 e. The van der Waals surface area contributed by atoms with E-state index in [1.807, 2.05) is 0 Å². The van der Waals surface area contributed by atoms with Crippen molar-refractivity contribution >= 4 is 17.2 Å². The molecule has 0 N–H and O–H groups in total. The van der Waals surface area contributed by atoms with Gasteiger partial charge in [-0.15, -0.1) is 0 Å². The molecule has 0 aliphatic heterocycles. The first-order valence-electron chi connectivity index (χ1n) is 4.52. The lowest BCUT2D eigenvalue weighted by atomic mass is 10.9. The number of rotatable bonds is 4. The molecule has 67 valence electrons. The van der Waals surface area contributed by atoms with Crippen molar-refractivity contribution in [3.63, 3.8) is 0 Å². The normalized spacial score (nSPS) is 13.1. The van der Waals surface area contributed by atoms with Crippen molar-refractivity contribution in [2.75, 3.05) is 7.05 Å². The van der Waals surface area contributed by atoms with Gasteiger partial charge in [0.25, 0.3) is 0 Å². The van der Waals surface area contributed by atoms with Crippen molar-refractivity contribution in [3.8, 4) is 0 Å². The molecule has 0 aliphatic carbocycles. The molecule has 0 spiro atoms. The topological polar surface area (TPSA) is 3.24 Å². The lowest BCUT2D eigenvalue weighted by Crippen LogP contribution is -2.52. The molecule has 0 saturated heterocycles. The lowest BCUT2D eigenvalue weighted by molar-refractivity contribution is 0.756. The molecule has 0 atom stereocenters. The van der Waals surface area contributed by atoms with Crippen molar-refractivity contribution in [3.05, 3.63) is 0 Å². The van der Waals surface area contributed by atoms with Crippen LogP contribution in [-0.2, 0) is 0 Å². The molecule has 0 aliphatic rings. The number of nitrogens with zero attached hydrogens (tertiary/aromatic N) is 1. The smallest absolute Gasteiger partial charge is 0.122 e. The van der Waals surface area contributed by atoms with Crippen LogP contribution in [0.1, 0.15) is 13.8 Å². The summed E-state index contributed by atoms with van der Waals surface area (Å²) in [6, 6.07) is 2.80. The molecule has 0 fully saturated rings. The fourth-order valence-electron chi connectivity index (χ4n) is 1.26. The minimum Gasteiger partial charge on any atom is -0.349 e. The zero-order valence-electron chi connectivity index (χ0n) is 8.86. The molecule has 0 heterocycles. The summed E-state index contributed by atoms with van der Waals surface area (Å²) >= 11 is 0. The Kier molecular flexibility index (Phi) is 4.59. The van der Waals surface area contributed by atoms with Gasteiger partial charge in [0.15, 0.2) is 0 Å². The standard InChI is InChI=1S/C8H22NSi2/c1-7-11(6,8-2)9(3)10(4)5/h7-8H2,1-6H3. The fraction of sp³-hybridized carbons (Fsp3) is 1.00. The number of hydrogen-bond acceptors (Lipinski definition) is 1. The molecular weight excluding hydrogens is 166 g/mol. The van der Waals surface area contributed by atoms with Crippen LogP contribution in [-0.4, -0.2) is 28.5 Å². The van der Waals surface area contributed by atoms with Crippen LogP contribution in [0, 0.1) is 0 Å². The second-order valence-corrected chi connectivity index (χ2v) is 11.8. The lowest BCUT2D eigenvalue weighted by Gasteiger charge is -2.38. The third-order valence-electron chi connectivity index (χ3n) is 3.00. The summed E-state index contributed by atoms with van der Waals surface area (Å²) in [6.07, 6.45) is 0. The zero-order valence-corrected chi connectivity index (χ0v) is 10.9. The van der Waals surface area contributed by atoms with Crippen LogP contribution in [0.15, 0.2) is 0 Å². The van der Waals surface area contributed by atoms with E-state index < -0.39 is 8.24 Å². The first-order chi connectivity index (χ1) is 4.98. The molecule has 0 amide bonds. The van der Waals surface area contributed by atoms with Crippen LogP contribution in [0.4, 0.5) is 0 Å². The molecule has 0 saturated carbocycles. The highest BCUT2D eigenvalue weighted by molar-refractivity contribution is 6.84. The molecule has 1 nitrogen and oxygen atoms in total. The van der Waals surface area contributed by atoms with E-state index >= 15 is 0 Å². The zero-order chi connectivity index (χ0) is 9.07. The highest BCUT2D eigenvalue weighted by atomic mass is 28.4. The molecule has 0 bridgehead atoms. The van der Waals surface area contributed by atoms with Gasteiger partial charge in [-0.3, -0.25) is 0 Å². The molecule has 0 rings (SSSR count). The quantitative estimate of drug-likeness (QED) is 0.613. The van der Waals surface area contributed by atoms with Gasteiger partial charge in [0.2, 0.25) is 0 Å². The van der Waals surface area contributed by atoms with Gasteiger partial charge in [-0.25, -0.2) is 0 Å². The molecular formula is C8H22NSi2. The van der Waals surface area contributed by atoms with Gasteiger partial charge in [-0.2, -0.15) is 0 Å². The maximum Gasteiger partial charge on any atom is 0.122 e. The Morgan fingerprint density at radius 3 is 1.64 bits per heavy atom. The minimum atomic E-state index is -0.985. The Labute approximate surface area is 74.6 Å². The van der Waals surface area contributed by atoms with Gasteiger partial charge < -0.3 is 4.23 Å². The van der Waals surface area contributed by atoms with E-state index in [0.29, 0.717) is 0 Å². The van der Waals surface area contributed by atoms with E-state index in [1.54, 1.807) is 0 Å². The molecule has 0 unspecified atom stereocenters. The molecule has 3 heteroatoms. The third-order valence-corrected chi connectivity index (χ3v) is 12.0. The van der Waals surface area contributed by atoms with Crippen molar-refractivity contribution in [1.82, 2.24) is 4.23 Å². The Balaban J connectivity index is 4.24. The summed E-state index contributed by atoms with van der Waals surface area (Å²) < 4.78 is 2.71. The molecule has 0 aromatic carbocycles. The van der Waals surface area contributed by atoms with E-state index in [9.17, 15) is 0 Å². The van der Waals surface area contributed by atoms with Crippen molar-refractivity contribution in [1.29, 1.82) is 0 Å². The molecule has 0 aromatic heterocycles.